The summed E-state index contributed by atoms with van der Waals surface area (Å²) in [6, 6.07) is 1.86. The first kappa shape index (κ1) is 9.46. The molecule has 2 rings (SSSR count). The van der Waals surface area contributed by atoms with Gasteiger partial charge in [0.2, 0.25) is 0 Å². The van der Waals surface area contributed by atoms with E-state index in [9.17, 15) is 0 Å². The van der Waals surface area contributed by atoms with Crippen LogP contribution in [0.1, 0.15) is 19.5 Å². The first-order chi connectivity index (χ1) is 6.68. The molecule has 0 unspecified atom stereocenters. The Kier molecular flexibility index (Phi) is 2.42. The Hall–Kier alpha value is -1.09. The molecule has 0 aliphatic carbocycles. The maximum Gasteiger partial charge on any atom is 0.140 e. The Bertz CT molecular complexity index is 448. The summed E-state index contributed by atoms with van der Waals surface area (Å²) in [7, 11) is 0. The minimum atomic E-state index is 0.534. The Labute approximate surface area is 87.5 Å². The quantitative estimate of drug-likeness (QED) is 0.773. The molecule has 0 fully saturated rings. The number of hydrogen-bond acceptors (Lipinski definition) is 2. The van der Waals surface area contributed by atoms with Crippen LogP contribution in [0.25, 0.3) is 10.9 Å². The first-order valence-electron chi connectivity index (χ1n) is 4.66. The van der Waals surface area contributed by atoms with E-state index in [1.807, 2.05) is 6.07 Å². The highest BCUT2D eigenvalue weighted by Crippen LogP contribution is 2.24. The molecule has 3 nitrogen and oxygen atoms in total. The second-order valence-electron chi connectivity index (χ2n) is 3.80. The monoisotopic (exact) mass is 209 g/mol. The third-order valence-electron chi connectivity index (χ3n) is 2.11. The van der Waals surface area contributed by atoms with Gasteiger partial charge in [0, 0.05) is 11.9 Å². The molecule has 2 heterocycles. The van der Waals surface area contributed by atoms with E-state index in [0.717, 1.165) is 23.0 Å². The summed E-state index contributed by atoms with van der Waals surface area (Å²) in [5, 5.41) is 8.69. The van der Waals surface area contributed by atoms with Gasteiger partial charge in [0.15, 0.2) is 0 Å². The van der Waals surface area contributed by atoms with E-state index in [4.69, 9.17) is 11.6 Å². The molecule has 0 aromatic carbocycles. The summed E-state index contributed by atoms with van der Waals surface area (Å²) in [6.07, 6.45) is 2.62. The van der Waals surface area contributed by atoms with E-state index in [2.05, 4.69) is 29.0 Å². The number of hydrogen-bond donors (Lipinski definition) is 1. The molecule has 0 spiro atoms. The minimum Gasteiger partial charge on any atom is -0.281 e. The van der Waals surface area contributed by atoms with Crippen LogP contribution in [0.3, 0.4) is 0 Å². The van der Waals surface area contributed by atoms with Gasteiger partial charge in [-0.15, -0.1) is 0 Å². The fourth-order valence-electron chi connectivity index (χ4n) is 1.54. The number of pyridine rings is 1. The summed E-state index contributed by atoms with van der Waals surface area (Å²) >= 11 is 6.02. The molecule has 4 heteroatoms. The summed E-state index contributed by atoms with van der Waals surface area (Å²) in [4.78, 5) is 4.05. The van der Waals surface area contributed by atoms with Gasteiger partial charge in [0.05, 0.1) is 10.9 Å². The Morgan fingerprint density at radius 3 is 3.00 bits per heavy atom. The zero-order valence-electron chi connectivity index (χ0n) is 8.21. The molecule has 2 aromatic heterocycles. The smallest absolute Gasteiger partial charge is 0.140 e. The van der Waals surface area contributed by atoms with E-state index < -0.39 is 0 Å². The lowest BCUT2D eigenvalue weighted by molar-refractivity contribution is 0.636. The third kappa shape index (κ3) is 1.60. The summed E-state index contributed by atoms with van der Waals surface area (Å²) in [6.45, 7) is 4.33. The van der Waals surface area contributed by atoms with Crippen LogP contribution in [-0.2, 0) is 6.42 Å². The maximum atomic E-state index is 6.02. The highest BCUT2D eigenvalue weighted by atomic mass is 35.5. The van der Waals surface area contributed by atoms with Crippen molar-refractivity contribution in [3.63, 3.8) is 0 Å². The van der Waals surface area contributed by atoms with Crippen molar-refractivity contribution in [3.8, 4) is 0 Å². The molecule has 74 valence electrons. The first-order valence-corrected chi connectivity index (χ1v) is 5.03. The van der Waals surface area contributed by atoms with Crippen molar-refractivity contribution < 1.29 is 0 Å². The molecule has 2 aromatic rings. The Morgan fingerprint density at radius 2 is 2.29 bits per heavy atom. The molecule has 0 aliphatic heterocycles. The third-order valence-corrected chi connectivity index (χ3v) is 2.39. The van der Waals surface area contributed by atoms with Crippen molar-refractivity contribution in [1.82, 2.24) is 15.2 Å². The molecule has 1 N–H and O–H groups in total. The van der Waals surface area contributed by atoms with E-state index in [1.54, 1.807) is 6.20 Å². The molecule has 0 saturated carbocycles. The van der Waals surface area contributed by atoms with E-state index in [0.29, 0.717) is 11.1 Å². The van der Waals surface area contributed by atoms with Crippen LogP contribution in [0, 0.1) is 5.92 Å². The van der Waals surface area contributed by atoms with Gasteiger partial charge in [-0.1, -0.05) is 25.4 Å². The number of aromatic nitrogens is 3. The molecule has 0 radical (unpaired) electrons. The van der Waals surface area contributed by atoms with Crippen molar-refractivity contribution >= 4 is 22.5 Å². The Morgan fingerprint density at radius 1 is 1.50 bits per heavy atom. The topological polar surface area (TPSA) is 41.6 Å². The predicted molar refractivity (Wildman–Crippen MR) is 57.4 cm³/mol. The summed E-state index contributed by atoms with van der Waals surface area (Å²) in [5.41, 5.74) is 1.97. The van der Waals surface area contributed by atoms with Crippen LogP contribution >= 0.6 is 11.6 Å². The lowest BCUT2D eigenvalue weighted by atomic mass is 10.1. The highest BCUT2D eigenvalue weighted by molar-refractivity contribution is 6.34. The van der Waals surface area contributed by atoms with Crippen LogP contribution in [0.4, 0.5) is 0 Å². The lowest BCUT2D eigenvalue weighted by Gasteiger charge is -2.02. The standard InChI is InChI=1S/C10H12ClN3/c1-6(2)5-8-9-7(13-14-8)3-4-12-10(9)11/h3-4,6H,5H2,1-2H3,(H,13,14). The minimum absolute atomic E-state index is 0.534. The second-order valence-corrected chi connectivity index (χ2v) is 4.15. The number of H-pyrrole nitrogens is 1. The van der Waals surface area contributed by atoms with Crippen molar-refractivity contribution in [1.29, 1.82) is 0 Å². The van der Waals surface area contributed by atoms with Gasteiger partial charge in [-0.3, -0.25) is 5.10 Å². The van der Waals surface area contributed by atoms with Crippen molar-refractivity contribution in [2.45, 2.75) is 20.3 Å². The van der Waals surface area contributed by atoms with Crippen LogP contribution < -0.4 is 0 Å². The van der Waals surface area contributed by atoms with Crippen molar-refractivity contribution in [2.75, 3.05) is 0 Å². The molecule has 0 saturated heterocycles. The average molecular weight is 210 g/mol. The van der Waals surface area contributed by atoms with Gasteiger partial charge in [0.1, 0.15) is 5.15 Å². The highest BCUT2D eigenvalue weighted by Gasteiger charge is 2.10. The number of nitrogens with zero attached hydrogens (tertiary/aromatic N) is 2. The number of aromatic amines is 1. The van der Waals surface area contributed by atoms with Crippen molar-refractivity contribution in [2.24, 2.45) is 5.92 Å². The molecule has 14 heavy (non-hydrogen) atoms. The van der Waals surface area contributed by atoms with Gasteiger partial charge in [-0.05, 0) is 18.4 Å². The molecule has 0 bridgehead atoms. The van der Waals surface area contributed by atoms with Crippen molar-refractivity contribution in [3.05, 3.63) is 23.1 Å². The van der Waals surface area contributed by atoms with Gasteiger partial charge in [-0.2, -0.15) is 5.10 Å². The zero-order valence-corrected chi connectivity index (χ0v) is 8.97. The average Bonchev–Trinajstić information content (AvgIpc) is 2.49. The summed E-state index contributed by atoms with van der Waals surface area (Å²) < 4.78 is 0. The number of halogens is 1. The lowest BCUT2D eigenvalue weighted by Crippen LogP contribution is -1.95. The van der Waals surface area contributed by atoms with Gasteiger partial charge >= 0.3 is 0 Å². The zero-order chi connectivity index (χ0) is 10.1. The van der Waals surface area contributed by atoms with Crippen LogP contribution in [-0.4, -0.2) is 15.2 Å². The molecular formula is C10H12ClN3. The van der Waals surface area contributed by atoms with E-state index in [-0.39, 0.29) is 0 Å². The van der Waals surface area contributed by atoms with Crippen LogP contribution in [0.5, 0.6) is 0 Å². The van der Waals surface area contributed by atoms with E-state index >= 15 is 0 Å². The van der Waals surface area contributed by atoms with Gasteiger partial charge < -0.3 is 0 Å². The predicted octanol–water partition coefficient (Wildman–Crippen LogP) is 2.81. The number of rotatable bonds is 2. The number of fused-ring (bicyclic) bond motifs is 1. The molecule has 0 aliphatic rings. The van der Waals surface area contributed by atoms with E-state index in [1.165, 1.54) is 0 Å². The van der Waals surface area contributed by atoms with Crippen LogP contribution in [0.2, 0.25) is 5.15 Å². The van der Waals surface area contributed by atoms with Gasteiger partial charge in [-0.25, -0.2) is 4.98 Å². The summed E-state index contributed by atoms with van der Waals surface area (Å²) in [5.74, 6) is 0.579. The second kappa shape index (κ2) is 3.58. The normalized spacial score (nSPS) is 11.4. The molecule has 0 amide bonds. The number of nitrogens with one attached hydrogen (secondary N) is 1. The molecule has 0 atom stereocenters. The fourth-order valence-corrected chi connectivity index (χ4v) is 1.81. The van der Waals surface area contributed by atoms with Crippen LogP contribution in [0.15, 0.2) is 12.3 Å². The maximum absolute atomic E-state index is 6.02. The largest absolute Gasteiger partial charge is 0.281 e. The SMILES string of the molecule is CC(C)Cc1[nH]nc2ccnc(Cl)c12. The van der Waals surface area contributed by atoms with Gasteiger partial charge in [0.25, 0.3) is 0 Å². The Balaban J connectivity index is 2.55. The fraction of sp³-hybridized carbons (Fsp3) is 0.400. The molecular weight excluding hydrogens is 198 g/mol.